The zero-order valence-electron chi connectivity index (χ0n) is 8.99. The third-order valence-corrected chi connectivity index (χ3v) is 2.33. The van der Waals surface area contributed by atoms with Crippen LogP contribution >= 0.6 is 0 Å². The number of ether oxygens (including phenoxy) is 2. The van der Waals surface area contributed by atoms with Crippen molar-refractivity contribution in [1.82, 2.24) is 4.90 Å². The van der Waals surface area contributed by atoms with Crippen LogP contribution in [0.15, 0.2) is 0 Å². The number of nitrogens with zero attached hydrogens (tertiary/aromatic N) is 1. The summed E-state index contributed by atoms with van der Waals surface area (Å²) >= 11 is 0. The minimum absolute atomic E-state index is 0.0796. The van der Waals surface area contributed by atoms with Crippen LogP contribution in [-0.2, 0) is 14.3 Å². The Morgan fingerprint density at radius 1 is 1.69 bits per heavy atom. The molecule has 0 amide bonds. The molecule has 0 spiro atoms. The Morgan fingerprint density at radius 3 is 2.94 bits per heavy atom. The first-order valence-corrected chi connectivity index (χ1v) is 5.00. The zero-order chi connectivity index (χ0) is 12.2. The van der Waals surface area contributed by atoms with Crippen molar-refractivity contribution in [2.75, 3.05) is 32.9 Å². The second-order valence-electron chi connectivity index (χ2n) is 3.57. The highest BCUT2D eigenvalue weighted by Gasteiger charge is 2.40. The van der Waals surface area contributed by atoms with Gasteiger partial charge in [-0.05, 0) is 6.54 Å². The lowest BCUT2D eigenvalue weighted by atomic mass is 10.2. The Balaban J connectivity index is 2.38. The summed E-state index contributed by atoms with van der Waals surface area (Å²) in [5.41, 5.74) is 0. The summed E-state index contributed by atoms with van der Waals surface area (Å²) in [4.78, 5) is 11.7. The van der Waals surface area contributed by atoms with Gasteiger partial charge in [-0.25, -0.2) is 4.79 Å². The molecule has 94 valence electrons. The van der Waals surface area contributed by atoms with E-state index in [1.165, 1.54) is 4.90 Å². The molecule has 1 saturated heterocycles. The van der Waals surface area contributed by atoms with E-state index in [1.807, 2.05) is 0 Å². The molecule has 0 bridgehead atoms. The number of carboxylic acid groups (broad SMARTS) is 1. The van der Waals surface area contributed by atoms with Crippen LogP contribution in [0.3, 0.4) is 0 Å². The Labute approximate surface area is 91.9 Å². The number of hydrogen-bond donors (Lipinski definition) is 1. The summed E-state index contributed by atoms with van der Waals surface area (Å²) in [5, 5.41) is 8.36. The van der Waals surface area contributed by atoms with E-state index < -0.39 is 25.2 Å². The van der Waals surface area contributed by atoms with Gasteiger partial charge in [0.25, 0.3) is 0 Å². The van der Waals surface area contributed by atoms with Gasteiger partial charge >= 0.3 is 12.1 Å². The van der Waals surface area contributed by atoms with Crippen molar-refractivity contribution >= 4 is 5.97 Å². The van der Waals surface area contributed by atoms with Crippen molar-refractivity contribution in [3.05, 3.63) is 0 Å². The molecule has 1 aliphatic heterocycles. The van der Waals surface area contributed by atoms with Crippen molar-refractivity contribution in [2.45, 2.75) is 19.1 Å². The second-order valence-corrected chi connectivity index (χ2v) is 3.57. The van der Waals surface area contributed by atoms with E-state index >= 15 is 0 Å². The third-order valence-electron chi connectivity index (χ3n) is 2.33. The first-order valence-electron chi connectivity index (χ1n) is 5.00. The molecule has 0 aromatic rings. The molecule has 0 saturated carbocycles. The van der Waals surface area contributed by atoms with Gasteiger partial charge in [-0.2, -0.15) is 8.78 Å². The normalized spacial score (nSPS) is 25.6. The van der Waals surface area contributed by atoms with E-state index in [0.717, 1.165) is 0 Å². The number of likely N-dealkylation sites (N-methyl/N-ethyl adjacent to an activating group) is 1. The van der Waals surface area contributed by atoms with Crippen LogP contribution in [0.1, 0.15) is 6.92 Å². The van der Waals surface area contributed by atoms with Gasteiger partial charge in [0.05, 0.1) is 25.8 Å². The third kappa shape index (κ3) is 3.99. The SMILES string of the molecule is CCN1CC(F)(F)OCC1COCC(=O)O. The summed E-state index contributed by atoms with van der Waals surface area (Å²) in [5.74, 6) is -1.08. The van der Waals surface area contributed by atoms with Gasteiger partial charge in [-0.15, -0.1) is 0 Å². The molecule has 1 fully saturated rings. The molecule has 0 aromatic carbocycles. The van der Waals surface area contributed by atoms with Gasteiger partial charge in [-0.3, -0.25) is 4.90 Å². The van der Waals surface area contributed by atoms with Crippen molar-refractivity contribution in [1.29, 1.82) is 0 Å². The number of morpholine rings is 1. The van der Waals surface area contributed by atoms with Crippen LogP contribution < -0.4 is 0 Å². The van der Waals surface area contributed by atoms with Gasteiger partial charge in [0.1, 0.15) is 6.61 Å². The van der Waals surface area contributed by atoms with Crippen LogP contribution in [0.5, 0.6) is 0 Å². The first-order chi connectivity index (χ1) is 7.44. The summed E-state index contributed by atoms with van der Waals surface area (Å²) in [6.07, 6.45) is -3.13. The molecule has 1 N–H and O–H groups in total. The van der Waals surface area contributed by atoms with Crippen LogP contribution in [0.25, 0.3) is 0 Å². The van der Waals surface area contributed by atoms with Gasteiger partial charge in [0, 0.05) is 0 Å². The molecule has 0 aliphatic carbocycles. The summed E-state index contributed by atoms with van der Waals surface area (Å²) in [6.45, 7) is 1.22. The molecule has 1 heterocycles. The van der Waals surface area contributed by atoms with Gasteiger partial charge in [0.2, 0.25) is 0 Å². The molecular formula is C9H15F2NO4. The number of halogens is 2. The lowest BCUT2D eigenvalue weighted by Gasteiger charge is -2.38. The lowest BCUT2D eigenvalue weighted by molar-refractivity contribution is -0.284. The van der Waals surface area contributed by atoms with Crippen molar-refractivity contribution in [3.63, 3.8) is 0 Å². The maximum atomic E-state index is 12.9. The molecule has 1 aliphatic rings. The number of alkyl halides is 2. The topological polar surface area (TPSA) is 59.0 Å². The Hall–Kier alpha value is -0.790. The van der Waals surface area contributed by atoms with E-state index in [4.69, 9.17) is 9.84 Å². The number of aliphatic carboxylic acids is 1. The molecule has 1 atom stereocenters. The van der Waals surface area contributed by atoms with E-state index in [0.29, 0.717) is 6.54 Å². The fourth-order valence-corrected chi connectivity index (χ4v) is 1.54. The van der Waals surface area contributed by atoms with Gasteiger partial charge in [0.15, 0.2) is 0 Å². The largest absolute Gasteiger partial charge is 0.480 e. The minimum Gasteiger partial charge on any atom is -0.480 e. The van der Waals surface area contributed by atoms with E-state index in [9.17, 15) is 13.6 Å². The quantitative estimate of drug-likeness (QED) is 0.752. The van der Waals surface area contributed by atoms with Crippen LogP contribution in [0.4, 0.5) is 8.78 Å². The van der Waals surface area contributed by atoms with Crippen molar-refractivity contribution in [3.8, 4) is 0 Å². The molecule has 5 nitrogen and oxygen atoms in total. The standard InChI is InChI=1S/C9H15F2NO4/c1-2-12-6-9(10,11)16-4-7(12)3-15-5-8(13)14/h7H,2-6H2,1H3,(H,13,14). The maximum absolute atomic E-state index is 12.9. The lowest BCUT2D eigenvalue weighted by Crippen LogP contribution is -2.54. The number of carboxylic acids is 1. The summed E-state index contributed by atoms with van der Waals surface area (Å²) < 4.78 is 35.0. The maximum Gasteiger partial charge on any atom is 0.368 e. The molecule has 1 unspecified atom stereocenters. The number of hydrogen-bond acceptors (Lipinski definition) is 4. The molecule has 1 rings (SSSR count). The fraction of sp³-hybridized carbons (Fsp3) is 0.889. The molecular weight excluding hydrogens is 224 g/mol. The van der Waals surface area contributed by atoms with E-state index in [-0.39, 0.29) is 19.3 Å². The highest BCUT2D eigenvalue weighted by molar-refractivity contribution is 5.67. The highest BCUT2D eigenvalue weighted by Crippen LogP contribution is 2.24. The minimum atomic E-state index is -3.13. The van der Waals surface area contributed by atoms with Crippen LogP contribution in [0.2, 0.25) is 0 Å². The number of carbonyl (C=O) groups is 1. The predicted octanol–water partition coefficient (Wildman–Crippen LogP) is 0.401. The van der Waals surface area contributed by atoms with Gasteiger partial charge < -0.3 is 14.6 Å². The average Bonchev–Trinajstić information content (AvgIpc) is 2.19. The fourth-order valence-electron chi connectivity index (χ4n) is 1.54. The predicted molar refractivity (Wildman–Crippen MR) is 50.4 cm³/mol. The highest BCUT2D eigenvalue weighted by atomic mass is 19.3. The molecule has 0 aromatic heterocycles. The summed E-state index contributed by atoms with van der Waals surface area (Å²) in [6, 6.07) is -0.316. The Morgan fingerprint density at radius 2 is 2.38 bits per heavy atom. The molecule has 0 radical (unpaired) electrons. The smallest absolute Gasteiger partial charge is 0.368 e. The second kappa shape index (κ2) is 5.51. The Bertz CT molecular complexity index is 250. The van der Waals surface area contributed by atoms with Crippen molar-refractivity contribution in [2.24, 2.45) is 0 Å². The zero-order valence-corrected chi connectivity index (χ0v) is 8.99. The molecule has 7 heteroatoms. The van der Waals surface area contributed by atoms with Crippen LogP contribution in [0, 0.1) is 0 Å². The Kier molecular flexibility index (Phi) is 4.57. The number of rotatable bonds is 5. The van der Waals surface area contributed by atoms with E-state index in [2.05, 4.69) is 4.74 Å². The first kappa shape index (κ1) is 13.3. The average molecular weight is 239 g/mol. The monoisotopic (exact) mass is 239 g/mol. The van der Waals surface area contributed by atoms with Crippen LogP contribution in [-0.4, -0.2) is 61.0 Å². The molecule has 16 heavy (non-hydrogen) atoms. The van der Waals surface area contributed by atoms with Crippen molar-refractivity contribution < 1.29 is 28.2 Å². The van der Waals surface area contributed by atoms with Gasteiger partial charge in [-0.1, -0.05) is 6.92 Å². The summed E-state index contributed by atoms with van der Waals surface area (Å²) in [7, 11) is 0. The van der Waals surface area contributed by atoms with E-state index in [1.54, 1.807) is 6.92 Å².